The molecule has 0 radical (unpaired) electrons. The van der Waals surface area contributed by atoms with Gasteiger partial charge in [-0.15, -0.1) is 0 Å². The molecule has 5 nitrogen and oxygen atoms in total. The smallest absolute Gasteiger partial charge is 0.236 e. The summed E-state index contributed by atoms with van der Waals surface area (Å²) in [5.41, 5.74) is 0. The van der Waals surface area contributed by atoms with Gasteiger partial charge in [0.25, 0.3) is 0 Å². The van der Waals surface area contributed by atoms with Gasteiger partial charge in [-0.1, -0.05) is 24.3 Å². The molecule has 1 aromatic carbocycles. The van der Waals surface area contributed by atoms with E-state index in [0.717, 1.165) is 37.3 Å². The minimum absolute atomic E-state index is 0.125. The lowest BCUT2D eigenvalue weighted by atomic mass is 9.94. The second kappa shape index (κ2) is 8.39. The first-order chi connectivity index (χ1) is 12.1. The molecule has 3 rings (SSSR count). The molecule has 5 heteroatoms. The fourth-order valence-electron chi connectivity index (χ4n) is 3.38. The van der Waals surface area contributed by atoms with E-state index >= 15 is 0 Å². The van der Waals surface area contributed by atoms with Crippen LogP contribution < -0.4 is 9.47 Å². The summed E-state index contributed by atoms with van der Waals surface area (Å²) in [6.07, 6.45) is 7.65. The molecule has 1 aliphatic heterocycles. The van der Waals surface area contributed by atoms with Crippen LogP contribution >= 0.6 is 0 Å². The summed E-state index contributed by atoms with van der Waals surface area (Å²) in [6, 6.07) is 7.70. The number of carbonyl (C=O) groups is 1. The third-order valence-electron chi connectivity index (χ3n) is 4.65. The molecule has 0 aromatic heterocycles. The molecule has 2 aliphatic rings. The maximum Gasteiger partial charge on any atom is 0.236 e. The average Bonchev–Trinajstić information content (AvgIpc) is 2.61. The molecule has 0 spiro atoms. The van der Waals surface area contributed by atoms with Crippen LogP contribution in [-0.4, -0.2) is 62.1 Å². The molecule has 0 unspecified atom stereocenters. The number of hydrogen-bond acceptors (Lipinski definition) is 4. The fourth-order valence-corrected chi connectivity index (χ4v) is 3.38. The van der Waals surface area contributed by atoms with E-state index in [1.54, 1.807) is 0 Å². The Balaban J connectivity index is 1.64. The molecule has 25 heavy (non-hydrogen) atoms. The first-order valence-electron chi connectivity index (χ1n) is 9.08. The summed E-state index contributed by atoms with van der Waals surface area (Å²) in [5, 5.41) is 0. The van der Waals surface area contributed by atoms with E-state index in [1.165, 1.54) is 0 Å². The van der Waals surface area contributed by atoms with Gasteiger partial charge in [0.2, 0.25) is 5.91 Å². The van der Waals surface area contributed by atoms with Gasteiger partial charge in [0.1, 0.15) is 6.61 Å². The zero-order valence-electron chi connectivity index (χ0n) is 15.2. The highest BCUT2D eigenvalue weighted by molar-refractivity contribution is 5.78. The van der Waals surface area contributed by atoms with Crippen LogP contribution in [0.5, 0.6) is 11.5 Å². The number of rotatable bonds is 6. The van der Waals surface area contributed by atoms with Crippen LogP contribution in [0.25, 0.3) is 0 Å². The summed E-state index contributed by atoms with van der Waals surface area (Å²) in [5.74, 6) is 2.23. The van der Waals surface area contributed by atoms with Gasteiger partial charge in [-0.25, -0.2) is 0 Å². The van der Waals surface area contributed by atoms with Gasteiger partial charge < -0.3 is 19.3 Å². The Kier molecular flexibility index (Phi) is 5.97. The number of amides is 1. The fraction of sp³-hybridized carbons (Fsp3) is 0.550. The van der Waals surface area contributed by atoms with Crippen LogP contribution in [-0.2, 0) is 4.79 Å². The van der Waals surface area contributed by atoms with Gasteiger partial charge in [-0.2, -0.15) is 0 Å². The van der Waals surface area contributed by atoms with E-state index in [0.29, 0.717) is 25.6 Å². The number of carbonyl (C=O) groups excluding carboxylic acids is 1. The summed E-state index contributed by atoms with van der Waals surface area (Å²) < 4.78 is 11.9. The number of benzene rings is 1. The standard InChI is InChI=1S/C20H28N2O3/c1-21(2)14-20(23)22(12-16-8-4-3-5-9-16)13-17-15-24-18-10-6-7-11-19(18)25-17/h3-4,6-7,10-11,16-17H,5,8-9,12-15H2,1-2H3/t16-,17+/m1/s1. The molecule has 0 N–H and O–H groups in total. The number of para-hydroxylation sites is 2. The predicted octanol–water partition coefficient (Wildman–Crippen LogP) is 2.57. The average molecular weight is 344 g/mol. The second-order valence-electron chi connectivity index (χ2n) is 7.18. The Bertz CT molecular complexity index is 615. The number of ether oxygens (including phenoxy) is 2. The quantitative estimate of drug-likeness (QED) is 0.744. The molecule has 136 valence electrons. The largest absolute Gasteiger partial charge is 0.486 e. The maximum absolute atomic E-state index is 12.7. The van der Waals surface area contributed by atoms with Crippen molar-refractivity contribution in [3.05, 3.63) is 36.4 Å². The molecule has 0 bridgehead atoms. The van der Waals surface area contributed by atoms with Crippen molar-refractivity contribution >= 4 is 5.91 Å². The van der Waals surface area contributed by atoms with E-state index in [9.17, 15) is 4.79 Å². The molecule has 0 fully saturated rings. The SMILES string of the molecule is CN(C)CC(=O)N(C[C@@H]1CC=CCC1)C[C@H]1COc2ccccc2O1. The van der Waals surface area contributed by atoms with Crippen LogP contribution in [0.2, 0.25) is 0 Å². The Morgan fingerprint density at radius 2 is 1.96 bits per heavy atom. The Hall–Kier alpha value is -2.01. The zero-order valence-corrected chi connectivity index (χ0v) is 15.2. The highest BCUT2D eigenvalue weighted by atomic mass is 16.6. The van der Waals surface area contributed by atoms with Gasteiger partial charge in [0.05, 0.1) is 13.1 Å². The Labute approximate surface area is 150 Å². The van der Waals surface area contributed by atoms with Gasteiger partial charge in [-0.05, 0) is 51.4 Å². The topological polar surface area (TPSA) is 42.0 Å². The van der Waals surface area contributed by atoms with E-state index in [4.69, 9.17) is 9.47 Å². The van der Waals surface area contributed by atoms with E-state index < -0.39 is 0 Å². The lowest BCUT2D eigenvalue weighted by molar-refractivity contribution is -0.134. The van der Waals surface area contributed by atoms with Crippen molar-refractivity contribution in [1.29, 1.82) is 0 Å². The summed E-state index contributed by atoms with van der Waals surface area (Å²) >= 11 is 0. The van der Waals surface area contributed by atoms with Crippen molar-refractivity contribution in [2.45, 2.75) is 25.4 Å². The van der Waals surface area contributed by atoms with Crippen LogP contribution in [0.15, 0.2) is 36.4 Å². The minimum atomic E-state index is -0.125. The minimum Gasteiger partial charge on any atom is -0.486 e. The number of allylic oxidation sites excluding steroid dienone is 2. The lowest BCUT2D eigenvalue weighted by Crippen LogP contribution is -2.48. The van der Waals surface area contributed by atoms with Gasteiger partial charge in [0.15, 0.2) is 17.6 Å². The summed E-state index contributed by atoms with van der Waals surface area (Å²) in [7, 11) is 3.85. The summed E-state index contributed by atoms with van der Waals surface area (Å²) in [6.45, 7) is 2.26. The molecule has 1 amide bonds. The molecule has 0 saturated heterocycles. The Morgan fingerprint density at radius 3 is 2.68 bits per heavy atom. The van der Waals surface area contributed by atoms with Crippen molar-refractivity contribution in [3.63, 3.8) is 0 Å². The molecule has 0 saturated carbocycles. The monoisotopic (exact) mass is 344 g/mol. The highest BCUT2D eigenvalue weighted by Gasteiger charge is 2.27. The van der Waals surface area contributed by atoms with Crippen LogP contribution in [0.1, 0.15) is 19.3 Å². The Morgan fingerprint density at radius 1 is 1.16 bits per heavy atom. The first-order valence-corrected chi connectivity index (χ1v) is 9.08. The first kappa shape index (κ1) is 17.8. The zero-order chi connectivity index (χ0) is 17.6. The number of fused-ring (bicyclic) bond motifs is 1. The molecular formula is C20H28N2O3. The van der Waals surface area contributed by atoms with E-state index in [1.807, 2.05) is 48.2 Å². The summed E-state index contributed by atoms with van der Waals surface area (Å²) in [4.78, 5) is 16.6. The van der Waals surface area contributed by atoms with Crippen LogP contribution in [0, 0.1) is 5.92 Å². The van der Waals surface area contributed by atoms with Crippen molar-refractivity contribution in [3.8, 4) is 11.5 Å². The lowest BCUT2D eigenvalue weighted by Gasteiger charge is -2.34. The normalized spacial score (nSPS) is 22.0. The number of likely N-dealkylation sites (N-methyl/N-ethyl adjacent to an activating group) is 1. The van der Waals surface area contributed by atoms with Crippen LogP contribution in [0.4, 0.5) is 0 Å². The van der Waals surface area contributed by atoms with Crippen molar-refractivity contribution in [2.75, 3.05) is 40.3 Å². The molecule has 1 aliphatic carbocycles. The predicted molar refractivity (Wildman–Crippen MR) is 98.0 cm³/mol. The van der Waals surface area contributed by atoms with Gasteiger partial charge in [0, 0.05) is 6.54 Å². The van der Waals surface area contributed by atoms with Gasteiger partial charge in [-0.3, -0.25) is 4.79 Å². The van der Waals surface area contributed by atoms with Gasteiger partial charge >= 0.3 is 0 Å². The van der Waals surface area contributed by atoms with Crippen molar-refractivity contribution < 1.29 is 14.3 Å². The molecular weight excluding hydrogens is 316 g/mol. The van der Waals surface area contributed by atoms with E-state index in [-0.39, 0.29) is 12.0 Å². The number of nitrogens with zero attached hydrogens (tertiary/aromatic N) is 2. The third-order valence-corrected chi connectivity index (χ3v) is 4.65. The number of hydrogen-bond donors (Lipinski definition) is 0. The molecule has 1 heterocycles. The maximum atomic E-state index is 12.7. The third kappa shape index (κ3) is 4.98. The second-order valence-corrected chi connectivity index (χ2v) is 7.18. The van der Waals surface area contributed by atoms with Crippen LogP contribution in [0.3, 0.4) is 0 Å². The highest BCUT2D eigenvalue weighted by Crippen LogP contribution is 2.31. The van der Waals surface area contributed by atoms with E-state index in [2.05, 4.69) is 12.2 Å². The molecule has 1 aromatic rings. The van der Waals surface area contributed by atoms with Crippen molar-refractivity contribution in [1.82, 2.24) is 9.80 Å². The molecule has 2 atom stereocenters. The van der Waals surface area contributed by atoms with Crippen molar-refractivity contribution in [2.24, 2.45) is 5.92 Å².